The lowest BCUT2D eigenvalue weighted by Gasteiger charge is -2.24. The maximum atomic E-state index is 12.1. The van der Waals surface area contributed by atoms with Gasteiger partial charge in [-0.25, -0.2) is 12.7 Å². The first kappa shape index (κ1) is 15.5. The molecule has 1 fully saturated rings. The minimum atomic E-state index is -3.42. The molecule has 1 aromatic rings. The zero-order chi connectivity index (χ0) is 14.8. The van der Waals surface area contributed by atoms with E-state index in [0.717, 1.165) is 31.0 Å². The molecule has 0 bridgehead atoms. The molecule has 0 amide bonds. The van der Waals surface area contributed by atoms with Gasteiger partial charge in [0.15, 0.2) is 0 Å². The van der Waals surface area contributed by atoms with Crippen molar-refractivity contribution in [1.29, 1.82) is 0 Å². The van der Waals surface area contributed by atoms with Gasteiger partial charge in [-0.2, -0.15) is 11.8 Å². The van der Waals surface area contributed by atoms with Crippen LogP contribution in [0.15, 0.2) is 23.1 Å². The van der Waals surface area contributed by atoms with Crippen molar-refractivity contribution in [2.24, 2.45) is 0 Å². The van der Waals surface area contributed by atoms with Crippen LogP contribution in [0.1, 0.15) is 6.42 Å². The Morgan fingerprint density at radius 3 is 2.65 bits per heavy atom. The van der Waals surface area contributed by atoms with Crippen molar-refractivity contribution < 1.29 is 8.42 Å². The van der Waals surface area contributed by atoms with Crippen LogP contribution >= 0.6 is 11.8 Å². The number of thioether (sulfide) groups is 1. The number of sulfonamides is 1. The van der Waals surface area contributed by atoms with Crippen molar-refractivity contribution in [2.75, 3.05) is 49.3 Å². The van der Waals surface area contributed by atoms with Crippen molar-refractivity contribution in [3.05, 3.63) is 18.2 Å². The van der Waals surface area contributed by atoms with Crippen LogP contribution in [0.3, 0.4) is 0 Å². The van der Waals surface area contributed by atoms with Gasteiger partial charge in [-0.05, 0) is 30.4 Å². The molecule has 0 atom stereocenters. The first-order valence-corrected chi connectivity index (χ1v) is 9.17. The third kappa shape index (κ3) is 3.21. The lowest BCUT2D eigenvalue weighted by Crippen LogP contribution is -2.27. The molecule has 0 saturated carbocycles. The van der Waals surface area contributed by atoms with Gasteiger partial charge in [0.2, 0.25) is 10.0 Å². The minimum absolute atomic E-state index is 0.243. The topological polar surface area (TPSA) is 66.6 Å². The van der Waals surface area contributed by atoms with Gasteiger partial charge in [-0.3, -0.25) is 0 Å². The summed E-state index contributed by atoms with van der Waals surface area (Å²) in [6, 6.07) is 5.02. The van der Waals surface area contributed by atoms with Crippen molar-refractivity contribution in [1.82, 2.24) is 4.31 Å². The highest BCUT2D eigenvalue weighted by atomic mass is 32.2. The molecule has 7 heteroatoms. The lowest BCUT2D eigenvalue weighted by atomic mass is 10.2. The van der Waals surface area contributed by atoms with E-state index in [1.807, 2.05) is 17.8 Å². The van der Waals surface area contributed by atoms with Crippen molar-refractivity contribution in [3.8, 4) is 0 Å². The molecule has 112 valence electrons. The van der Waals surface area contributed by atoms with Crippen LogP contribution < -0.4 is 10.6 Å². The number of hydrogen-bond acceptors (Lipinski definition) is 5. The Labute approximate surface area is 125 Å². The summed E-state index contributed by atoms with van der Waals surface area (Å²) in [7, 11) is -0.385. The maximum Gasteiger partial charge on any atom is 0.242 e. The van der Waals surface area contributed by atoms with Crippen LogP contribution in [-0.2, 0) is 10.0 Å². The average Bonchev–Trinajstić information content (AvgIpc) is 2.67. The lowest BCUT2D eigenvalue weighted by molar-refractivity contribution is 0.521. The highest BCUT2D eigenvalue weighted by molar-refractivity contribution is 7.99. The van der Waals surface area contributed by atoms with Gasteiger partial charge >= 0.3 is 0 Å². The molecule has 2 N–H and O–H groups in total. The molecule has 20 heavy (non-hydrogen) atoms. The normalized spacial score (nSPS) is 17.2. The molecule has 1 aromatic carbocycles. The number of hydrogen-bond donors (Lipinski definition) is 1. The summed E-state index contributed by atoms with van der Waals surface area (Å²) in [5.41, 5.74) is 7.53. The van der Waals surface area contributed by atoms with Crippen LogP contribution in [0.5, 0.6) is 0 Å². The SMILES string of the molecule is CN(C)S(=O)(=O)c1ccc(N2CCCSCC2)c(N)c1. The monoisotopic (exact) mass is 315 g/mol. The quantitative estimate of drug-likeness (QED) is 0.856. The molecule has 1 saturated heterocycles. The van der Waals surface area contributed by atoms with Crippen LogP contribution in [0.25, 0.3) is 0 Å². The van der Waals surface area contributed by atoms with E-state index >= 15 is 0 Å². The van der Waals surface area contributed by atoms with Gasteiger partial charge in [0, 0.05) is 32.9 Å². The van der Waals surface area contributed by atoms with E-state index in [-0.39, 0.29) is 4.90 Å². The molecule has 0 radical (unpaired) electrons. The van der Waals surface area contributed by atoms with Crippen LogP contribution in [0.2, 0.25) is 0 Å². The summed E-state index contributed by atoms with van der Waals surface area (Å²) in [5.74, 6) is 2.25. The van der Waals surface area contributed by atoms with E-state index in [9.17, 15) is 8.42 Å². The maximum absolute atomic E-state index is 12.1. The molecule has 1 aliphatic heterocycles. The fourth-order valence-electron chi connectivity index (χ4n) is 2.18. The van der Waals surface area contributed by atoms with Crippen LogP contribution in [0.4, 0.5) is 11.4 Å². The molecule has 1 aliphatic rings. The van der Waals surface area contributed by atoms with Crippen LogP contribution in [0, 0.1) is 0 Å². The second-order valence-electron chi connectivity index (χ2n) is 4.96. The number of nitrogens with zero attached hydrogens (tertiary/aromatic N) is 2. The minimum Gasteiger partial charge on any atom is -0.397 e. The number of nitrogen functional groups attached to an aromatic ring is 1. The largest absolute Gasteiger partial charge is 0.397 e. The predicted octanol–water partition coefficient (Wildman–Crippen LogP) is 1.46. The molecular weight excluding hydrogens is 294 g/mol. The predicted molar refractivity (Wildman–Crippen MR) is 85.9 cm³/mol. The number of anilines is 2. The zero-order valence-electron chi connectivity index (χ0n) is 11.9. The molecular formula is C13H21N3O2S2. The van der Waals surface area contributed by atoms with Gasteiger partial charge in [0.05, 0.1) is 16.3 Å². The third-order valence-electron chi connectivity index (χ3n) is 3.34. The smallest absolute Gasteiger partial charge is 0.242 e. The Morgan fingerprint density at radius 2 is 2.00 bits per heavy atom. The summed E-state index contributed by atoms with van der Waals surface area (Å²) >= 11 is 1.95. The summed E-state index contributed by atoms with van der Waals surface area (Å²) in [6.45, 7) is 1.92. The Morgan fingerprint density at radius 1 is 1.25 bits per heavy atom. The van der Waals surface area contributed by atoms with Crippen molar-refractivity contribution >= 4 is 33.2 Å². The Kier molecular flexibility index (Phi) is 4.82. The summed E-state index contributed by atoms with van der Waals surface area (Å²) < 4.78 is 25.4. The highest BCUT2D eigenvalue weighted by Crippen LogP contribution is 2.28. The number of benzene rings is 1. The fraction of sp³-hybridized carbons (Fsp3) is 0.538. The van der Waals surface area contributed by atoms with Gasteiger partial charge in [0.1, 0.15) is 0 Å². The third-order valence-corrected chi connectivity index (χ3v) is 6.20. The molecule has 1 heterocycles. The summed E-state index contributed by atoms with van der Waals surface area (Å²) in [6.07, 6.45) is 1.13. The number of nitrogens with two attached hydrogens (primary N) is 1. The fourth-order valence-corrected chi connectivity index (χ4v) is 4.00. The zero-order valence-corrected chi connectivity index (χ0v) is 13.5. The second-order valence-corrected chi connectivity index (χ2v) is 8.34. The van der Waals surface area contributed by atoms with Crippen LogP contribution in [-0.4, -0.2) is 51.4 Å². The van der Waals surface area contributed by atoms with Crippen molar-refractivity contribution in [3.63, 3.8) is 0 Å². The number of rotatable bonds is 3. The van der Waals surface area contributed by atoms with Gasteiger partial charge in [-0.15, -0.1) is 0 Å². The van der Waals surface area contributed by atoms with E-state index in [4.69, 9.17) is 5.73 Å². The molecule has 5 nitrogen and oxygen atoms in total. The average molecular weight is 315 g/mol. The first-order chi connectivity index (χ1) is 9.43. The standard InChI is InChI=1S/C13H21N3O2S2/c1-15(2)20(17,18)11-4-5-13(12(14)10-11)16-6-3-8-19-9-7-16/h4-5,10H,3,6-9,14H2,1-2H3. The van der Waals surface area contributed by atoms with Gasteiger partial charge < -0.3 is 10.6 Å². The highest BCUT2D eigenvalue weighted by Gasteiger charge is 2.20. The molecule has 0 aliphatic carbocycles. The van der Waals surface area contributed by atoms with Crippen molar-refractivity contribution in [2.45, 2.75) is 11.3 Å². The van der Waals surface area contributed by atoms with Gasteiger partial charge in [-0.1, -0.05) is 0 Å². The molecule has 0 spiro atoms. The Balaban J connectivity index is 2.30. The van der Waals surface area contributed by atoms with E-state index in [2.05, 4.69) is 4.90 Å². The summed E-state index contributed by atoms with van der Waals surface area (Å²) in [4.78, 5) is 2.48. The van der Waals surface area contributed by atoms with E-state index < -0.39 is 10.0 Å². The van der Waals surface area contributed by atoms with E-state index in [1.165, 1.54) is 24.2 Å². The Hall–Kier alpha value is -0.920. The molecule has 2 rings (SSSR count). The van der Waals surface area contributed by atoms with Gasteiger partial charge in [0.25, 0.3) is 0 Å². The van der Waals surface area contributed by atoms with E-state index in [0.29, 0.717) is 5.69 Å². The second kappa shape index (κ2) is 6.24. The Bertz CT molecular complexity index is 565. The molecule has 0 aromatic heterocycles. The first-order valence-electron chi connectivity index (χ1n) is 6.57. The molecule has 0 unspecified atom stereocenters. The van der Waals surface area contributed by atoms with E-state index in [1.54, 1.807) is 12.1 Å². The summed E-state index contributed by atoms with van der Waals surface area (Å²) in [5, 5.41) is 0.